The fourth-order valence-corrected chi connectivity index (χ4v) is 4.16. The van der Waals surface area contributed by atoms with E-state index in [1.165, 1.54) is 5.56 Å². The van der Waals surface area contributed by atoms with Gasteiger partial charge in [0.2, 0.25) is 5.91 Å². The highest BCUT2D eigenvalue weighted by Crippen LogP contribution is 2.32. The number of amides is 1. The number of hydrogen-bond donors (Lipinski definition) is 1. The van der Waals surface area contributed by atoms with Gasteiger partial charge in [-0.2, -0.15) is 0 Å². The largest absolute Gasteiger partial charge is 0.375 e. The van der Waals surface area contributed by atoms with Crippen molar-refractivity contribution < 1.29 is 9.53 Å². The minimum absolute atomic E-state index is 0.231. The Morgan fingerprint density at radius 2 is 1.76 bits per heavy atom. The van der Waals surface area contributed by atoms with Gasteiger partial charge in [-0.05, 0) is 58.2 Å². The van der Waals surface area contributed by atoms with Crippen LogP contribution in [0.1, 0.15) is 52.0 Å². The highest BCUT2D eigenvalue weighted by molar-refractivity contribution is 5.82. The van der Waals surface area contributed by atoms with Crippen molar-refractivity contribution in [2.45, 2.75) is 71.2 Å². The molecule has 0 radical (unpaired) electrons. The first-order chi connectivity index (χ1) is 11.9. The third-order valence-corrected chi connectivity index (χ3v) is 5.79. The Morgan fingerprint density at radius 1 is 1.16 bits per heavy atom. The van der Waals surface area contributed by atoms with Gasteiger partial charge in [0, 0.05) is 18.0 Å². The molecule has 1 N–H and O–H groups in total. The standard InChI is InChI=1S/C21H32N2O2/c1-16-13-19(14-17(2)25-16)22-20(24)21(3)9-11-23(12-10-21)15-18-7-5-4-6-8-18/h4-8,16-17,19H,9-15H2,1-3H3,(H,22,24)/t16-,17-/m1/s1. The number of rotatable bonds is 4. The van der Waals surface area contributed by atoms with E-state index in [0.717, 1.165) is 45.3 Å². The van der Waals surface area contributed by atoms with E-state index in [9.17, 15) is 4.79 Å². The number of benzene rings is 1. The van der Waals surface area contributed by atoms with Crippen molar-refractivity contribution in [2.24, 2.45) is 5.41 Å². The van der Waals surface area contributed by atoms with Gasteiger partial charge in [-0.3, -0.25) is 9.69 Å². The van der Waals surface area contributed by atoms with E-state index in [0.29, 0.717) is 0 Å². The van der Waals surface area contributed by atoms with Gasteiger partial charge in [0.1, 0.15) is 0 Å². The summed E-state index contributed by atoms with van der Waals surface area (Å²) in [4.78, 5) is 15.4. The van der Waals surface area contributed by atoms with E-state index in [2.05, 4.69) is 61.3 Å². The molecule has 2 atom stereocenters. The summed E-state index contributed by atoms with van der Waals surface area (Å²) in [6.45, 7) is 9.28. The second-order valence-corrected chi connectivity index (χ2v) is 8.22. The molecule has 25 heavy (non-hydrogen) atoms. The van der Waals surface area contributed by atoms with Crippen LogP contribution in [0.2, 0.25) is 0 Å². The summed E-state index contributed by atoms with van der Waals surface area (Å²) in [6, 6.07) is 10.8. The van der Waals surface area contributed by atoms with Crippen LogP contribution in [0.4, 0.5) is 0 Å². The Kier molecular flexibility index (Phi) is 5.80. The molecule has 0 bridgehead atoms. The highest BCUT2D eigenvalue weighted by atomic mass is 16.5. The lowest BCUT2D eigenvalue weighted by atomic mass is 9.79. The summed E-state index contributed by atoms with van der Waals surface area (Å²) < 4.78 is 5.78. The molecule has 4 heteroatoms. The second kappa shape index (κ2) is 7.88. The number of carbonyl (C=O) groups is 1. The molecule has 2 aliphatic rings. The fraction of sp³-hybridized carbons (Fsp3) is 0.667. The van der Waals surface area contributed by atoms with Gasteiger partial charge in [0.25, 0.3) is 0 Å². The van der Waals surface area contributed by atoms with Crippen molar-refractivity contribution in [1.82, 2.24) is 10.2 Å². The molecule has 3 rings (SSSR count). The van der Waals surface area contributed by atoms with Crippen molar-refractivity contribution in [3.05, 3.63) is 35.9 Å². The Balaban J connectivity index is 1.50. The third kappa shape index (κ3) is 4.83. The monoisotopic (exact) mass is 344 g/mol. The first-order valence-electron chi connectivity index (χ1n) is 9.67. The zero-order valence-corrected chi connectivity index (χ0v) is 15.8. The maximum atomic E-state index is 12.9. The van der Waals surface area contributed by atoms with Crippen LogP contribution < -0.4 is 5.32 Å². The molecule has 0 unspecified atom stereocenters. The van der Waals surface area contributed by atoms with Crippen LogP contribution in [-0.4, -0.2) is 42.1 Å². The third-order valence-electron chi connectivity index (χ3n) is 5.79. The van der Waals surface area contributed by atoms with Crippen LogP contribution in [0.15, 0.2) is 30.3 Å². The molecule has 1 aromatic carbocycles. The van der Waals surface area contributed by atoms with Crippen LogP contribution in [0.3, 0.4) is 0 Å². The van der Waals surface area contributed by atoms with E-state index in [-0.39, 0.29) is 29.6 Å². The van der Waals surface area contributed by atoms with Crippen molar-refractivity contribution in [1.29, 1.82) is 0 Å². The zero-order chi connectivity index (χ0) is 17.9. The topological polar surface area (TPSA) is 41.6 Å². The predicted octanol–water partition coefficient (Wildman–Crippen LogP) is 3.36. The van der Waals surface area contributed by atoms with Gasteiger partial charge < -0.3 is 10.1 Å². The quantitative estimate of drug-likeness (QED) is 0.911. The molecule has 2 heterocycles. The summed E-state index contributed by atoms with van der Waals surface area (Å²) in [5, 5.41) is 3.32. The Bertz CT molecular complexity index is 557. The van der Waals surface area contributed by atoms with Crippen molar-refractivity contribution >= 4 is 5.91 Å². The minimum atomic E-state index is -0.238. The fourth-order valence-electron chi connectivity index (χ4n) is 4.16. The maximum Gasteiger partial charge on any atom is 0.226 e. The lowest BCUT2D eigenvalue weighted by Crippen LogP contribution is -2.52. The van der Waals surface area contributed by atoms with Crippen LogP contribution in [0.5, 0.6) is 0 Å². The molecule has 1 aromatic rings. The van der Waals surface area contributed by atoms with Crippen LogP contribution in [0.25, 0.3) is 0 Å². The predicted molar refractivity (Wildman–Crippen MR) is 100 cm³/mol. The van der Waals surface area contributed by atoms with Gasteiger partial charge in [-0.15, -0.1) is 0 Å². The molecule has 0 aromatic heterocycles. The van der Waals surface area contributed by atoms with Crippen molar-refractivity contribution in [3.8, 4) is 0 Å². The van der Waals surface area contributed by atoms with Crippen LogP contribution in [-0.2, 0) is 16.1 Å². The van der Waals surface area contributed by atoms with Crippen LogP contribution in [0, 0.1) is 5.41 Å². The zero-order valence-electron chi connectivity index (χ0n) is 15.8. The van der Waals surface area contributed by atoms with Gasteiger partial charge >= 0.3 is 0 Å². The average Bonchev–Trinajstić information content (AvgIpc) is 2.57. The summed E-state index contributed by atoms with van der Waals surface area (Å²) in [5.74, 6) is 0.234. The first-order valence-corrected chi connectivity index (χ1v) is 9.67. The summed E-state index contributed by atoms with van der Waals surface area (Å²) >= 11 is 0. The molecule has 0 spiro atoms. The highest BCUT2D eigenvalue weighted by Gasteiger charge is 2.38. The van der Waals surface area contributed by atoms with E-state index in [1.807, 2.05) is 0 Å². The van der Waals surface area contributed by atoms with Gasteiger partial charge in [-0.25, -0.2) is 0 Å². The molecular weight excluding hydrogens is 312 g/mol. The van der Waals surface area contributed by atoms with Gasteiger partial charge in [0.05, 0.1) is 12.2 Å². The van der Waals surface area contributed by atoms with Crippen molar-refractivity contribution in [3.63, 3.8) is 0 Å². The van der Waals surface area contributed by atoms with E-state index >= 15 is 0 Å². The number of nitrogens with zero attached hydrogens (tertiary/aromatic N) is 1. The molecule has 0 saturated carbocycles. The smallest absolute Gasteiger partial charge is 0.226 e. The van der Waals surface area contributed by atoms with E-state index in [1.54, 1.807) is 0 Å². The summed E-state index contributed by atoms with van der Waals surface area (Å²) in [7, 11) is 0. The first kappa shape index (κ1) is 18.4. The van der Waals surface area contributed by atoms with Gasteiger partial charge in [-0.1, -0.05) is 37.3 Å². The number of piperidine rings is 1. The maximum absolute atomic E-state index is 12.9. The normalized spacial score (nSPS) is 30.0. The Morgan fingerprint density at radius 3 is 2.36 bits per heavy atom. The van der Waals surface area contributed by atoms with E-state index in [4.69, 9.17) is 4.74 Å². The molecule has 138 valence electrons. The molecule has 2 fully saturated rings. The number of carbonyl (C=O) groups excluding carboxylic acids is 1. The van der Waals surface area contributed by atoms with E-state index < -0.39 is 0 Å². The minimum Gasteiger partial charge on any atom is -0.375 e. The lowest BCUT2D eigenvalue weighted by Gasteiger charge is -2.40. The summed E-state index contributed by atoms with van der Waals surface area (Å²) in [5.41, 5.74) is 1.11. The van der Waals surface area contributed by atoms with Crippen molar-refractivity contribution in [2.75, 3.05) is 13.1 Å². The number of likely N-dealkylation sites (tertiary alicyclic amines) is 1. The number of ether oxygens (including phenoxy) is 1. The lowest BCUT2D eigenvalue weighted by molar-refractivity contribution is -0.135. The molecule has 4 nitrogen and oxygen atoms in total. The number of nitrogens with one attached hydrogen (secondary N) is 1. The molecule has 0 aliphatic carbocycles. The SMILES string of the molecule is C[C@@H]1CC(NC(=O)C2(C)CCN(Cc3ccccc3)CC2)C[C@@H](C)O1. The Hall–Kier alpha value is -1.39. The van der Waals surface area contributed by atoms with Crippen LogP contribution >= 0.6 is 0 Å². The summed E-state index contributed by atoms with van der Waals surface area (Å²) in [6.07, 6.45) is 4.17. The second-order valence-electron chi connectivity index (χ2n) is 8.22. The Labute approximate surface area is 151 Å². The number of hydrogen-bond acceptors (Lipinski definition) is 3. The molecule has 2 saturated heterocycles. The molecule has 1 amide bonds. The molecule has 2 aliphatic heterocycles. The molecular formula is C21H32N2O2. The average molecular weight is 344 g/mol. The van der Waals surface area contributed by atoms with Gasteiger partial charge in [0.15, 0.2) is 0 Å².